The smallest absolute Gasteiger partial charge is 0.119 e. The number of nitrogen functional groups attached to an aromatic ring is 1. The van der Waals surface area contributed by atoms with E-state index in [2.05, 4.69) is 15.0 Å². The van der Waals surface area contributed by atoms with Gasteiger partial charge in [0.1, 0.15) is 5.03 Å². The van der Waals surface area contributed by atoms with Crippen molar-refractivity contribution >= 4 is 17.4 Å². The van der Waals surface area contributed by atoms with Crippen molar-refractivity contribution in [2.45, 2.75) is 9.92 Å². The molecule has 0 saturated carbocycles. The van der Waals surface area contributed by atoms with Crippen LogP contribution in [0.3, 0.4) is 0 Å². The number of nitrogens with zero attached hydrogens (tertiary/aromatic N) is 3. The highest BCUT2D eigenvalue weighted by Crippen LogP contribution is 2.28. The second kappa shape index (κ2) is 4.06. The van der Waals surface area contributed by atoms with Crippen molar-refractivity contribution in [2.75, 3.05) is 5.73 Å². The van der Waals surface area contributed by atoms with Gasteiger partial charge in [0.2, 0.25) is 0 Å². The van der Waals surface area contributed by atoms with Gasteiger partial charge in [-0.2, -0.15) is 0 Å². The molecule has 2 heterocycles. The van der Waals surface area contributed by atoms with Crippen LogP contribution in [0.2, 0.25) is 0 Å². The molecule has 0 aromatic carbocycles. The van der Waals surface area contributed by atoms with Gasteiger partial charge in [0.25, 0.3) is 0 Å². The first kappa shape index (κ1) is 8.96. The molecule has 70 valence electrons. The van der Waals surface area contributed by atoms with Crippen LogP contribution in [0.15, 0.2) is 47.0 Å². The Kier molecular flexibility index (Phi) is 2.60. The van der Waals surface area contributed by atoms with Gasteiger partial charge in [-0.25, -0.2) is 4.98 Å². The zero-order valence-corrected chi connectivity index (χ0v) is 8.11. The zero-order chi connectivity index (χ0) is 9.80. The van der Waals surface area contributed by atoms with E-state index in [4.69, 9.17) is 5.73 Å². The highest BCUT2D eigenvalue weighted by molar-refractivity contribution is 7.99. The van der Waals surface area contributed by atoms with Crippen molar-refractivity contribution in [3.05, 3.63) is 37.1 Å². The summed E-state index contributed by atoms with van der Waals surface area (Å²) in [5.41, 5.74) is 6.39. The van der Waals surface area contributed by atoms with Gasteiger partial charge in [0, 0.05) is 23.5 Å². The Morgan fingerprint density at radius 2 is 1.93 bits per heavy atom. The molecule has 0 aliphatic heterocycles. The Bertz CT molecular complexity index is 418. The predicted octanol–water partition coefficient (Wildman–Crippen LogP) is 1.61. The number of anilines is 1. The van der Waals surface area contributed by atoms with E-state index in [1.165, 1.54) is 11.8 Å². The maximum atomic E-state index is 5.74. The average Bonchev–Trinajstić information content (AvgIpc) is 2.23. The number of pyridine rings is 1. The van der Waals surface area contributed by atoms with Gasteiger partial charge < -0.3 is 5.73 Å². The molecular formula is C9H8N4S. The van der Waals surface area contributed by atoms with Gasteiger partial charge >= 0.3 is 0 Å². The predicted molar refractivity (Wildman–Crippen MR) is 54.8 cm³/mol. The minimum absolute atomic E-state index is 0.656. The Labute approximate surface area is 85.6 Å². The van der Waals surface area contributed by atoms with Crippen LogP contribution >= 0.6 is 11.8 Å². The molecule has 0 spiro atoms. The van der Waals surface area contributed by atoms with Crippen molar-refractivity contribution in [1.29, 1.82) is 0 Å². The van der Waals surface area contributed by atoms with E-state index in [1.807, 2.05) is 6.07 Å². The van der Waals surface area contributed by atoms with Crippen LogP contribution in [0.1, 0.15) is 0 Å². The first-order valence-corrected chi connectivity index (χ1v) is 4.81. The van der Waals surface area contributed by atoms with Gasteiger partial charge in [-0.05, 0) is 6.07 Å². The highest BCUT2D eigenvalue weighted by Gasteiger charge is 2.01. The van der Waals surface area contributed by atoms with Crippen molar-refractivity contribution in [1.82, 2.24) is 15.0 Å². The molecule has 14 heavy (non-hydrogen) atoms. The fourth-order valence-corrected chi connectivity index (χ4v) is 1.69. The fourth-order valence-electron chi connectivity index (χ4n) is 0.938. The number of aromatic nitrogens is 3. The molecule has 2 rings (SSSR count). The third kappa shape index (κ3) is 2.00. The molecule has 5 heteroatoms. The summed E-state index contributed by atoms with van der Waals surface area (Å²) in [5.74, 6) is 0. The first-order chi connectivity index (χ1) is 6.86. The summed E-state index contributed by atoms with van der Waals surface area (Å²) in [6.07, 6.45) is 8.32. The van der Waals surface area contributed by atoms with Crippen LogP contribution in [-0.4, -0.2) is 15.0 Å². The lowest BCUT2D eigenvalue weighted by Crippen LogP contribution is -1.89. The van der Waals surface area contributed by atoms with Crippen molar-refractivity contribution in [2.24, 2.45) is 0 Å². The highest BCUT2D eigenvalue weighted by atomic mass is 32.2. The molecule has 0 radical (unpaired) electrons. The molecule has 2 aromatic rings. The van der Waals surface area contributed by atoms with E-state index in [9.17, 15) is 0 Å². The molecule has 0 aliphatic carbocycles. The molecule has 2 N–H and O–H groups in total. The average molecular weight is 204 g/mol. The van der Waals surface area contributed by atoms with Crippen LogP contribution in [0.25, 0.3) is 0 Å². The standard InChI is InChI=1S/C9H8N4S/c10-7-5-11-2-1-8(7)14-9-6-12-3-4-13-9/h1-6H,10H2. The number of rotatable bonds is 2. The molecule has 4 nitrogen and oxygen atoms in total. The number of hydrogen-bond donors (Lipinski definition) is 1. The maximum Gasteiger partial charge on any atom is 0.119 e. The summed E-state index contributed by atoms with van der Waals surface area (Å²) in [7, 11) is 0. The second-order valence-corrected chi connectivity index (χ2v) is 3.62. The summed E-state index contributed by atoms with van der Waals surface area (Å²) in [4.78, 5) is 13.0. The maximum absolute atomic E-state index is 5.74. The molecule has 0 amide bonds. The van der Waals surface area contributed by atoms with Crippen molar-refractivity contribution in [3.63, 3.8) is 0 Å². The van der Waals surface area contributed by atoms with E-state index in [0.29, 0.717) is 5.69 Å². The lowest BCUT2D eigenvalue weighted by atomic mass is 10.4. The van der Waals surface area contributed by atoms with E-state index in [0.717, 1.165) is 9.92 Å². The lowest BCUT2D eigenvalue weighted by molar-refractivity contribution is 1.05. The van der Waals surface area contributed by atoms with E-state index >= 15 is 0 Å². The monoisotopic (exact) mass is 204 g/mol. The third-order valence-electron chi connectivity index (χ3n) is 1.56. The van der Waals surface area contributed by atoms with Crippen LogP contribution in [0.4, 0.5) is 5.69 Å². The second-order valence-electron chi connectivity index (χ2n) is 2.56. The Morgan fingerprint density at radius 1 is 1.07 bits per heavy atom. The number of nitrogens with two attached hydrogens (primary N) is 1. The van der Waals surface area contributed by atoms with Crippen molar-refractivity contribution < 1.29 is 0 Å². The van der Waals surface area contributed by atoms with Gasteiger partial charge in [-0.1, -0.05) is 11.8 Å². The summed E-state index contributed by atoms with van der Waals surface area (Å²) in [5, 5.41) is 0.824. The molecule has 0 unspecified atom stereocenters. The first-order valence-electron chi connectivity index (χ1n) is 3.99. The number of hydrogen-bond acceptors (Lipinski definition) is 5. The summed E-state index contributed by atoms with van der Waals surface area (Å²) in [6, 6.07) is 1.86. The van der Waals surface area contributed by atoms with Gasteiger partial charge in [0.05, 0.1) is 18.1 Å². The minimum atomic E-state index is 0.656. The molecule has 0 fully saturated rings. The van der Waals surface area contributed by atoms with Crippen LogP contribution in [-0.2, 0) is 0 Å². The van der Waals surface area contributed by atoms with E-state index in [1.54, 1.807) is 31.0 Å². The SMILES string of the molecule is Nc1cnccc1Sc1cnccn1. The van der Waals surface area contributed by atoms with Crippen LogP contribution in [0.5, 0.6) is 0 Å². The normalized spacial score (nSPS) is 10.0. The van der Waals surface area contributed by atoms with E-state index < -0.39 is 0 Å². The molecule has 0 bridgehead atoms. The summed E-state index contributed by atoms with van der Waals surface area (Å²) < 4.78 is 0. The fraction of sp³-hybridized carbons (Fsp3) is 0. The zero-order valence-electron chi connectivity index (χ0n) is 7.29. The third-order valence-corrected chi connectivity index (χ3v) is 2.58. The Morgan fingerprint density at radius 3 is 2.64 bits per heavy atom. The lowest BCUT2D eigenvalue weighted by Gasteiger charge is -2.02. The van der Waals surface area contributed by atoms with Gasteiger partial charge in [0.15, 0.2) is 0 Å². The van der Waals surface area contributed by atoms with Gasteiger partial charge in [-0.3, -0.25) is 9.97 Å². The largest absolute Gasteiger partial charge is 0.397 e. The quantitative estimate of drug-likeness (QED) is 0.805. The molecule has 2 aromatic heterocycles. The van der Waals surface area contributed by atoms with Crippen LogP contribution < -0.4 is 5.73 Å². The molecule has 0 saturated heterocycles. The Balaban J connectivity index is 2.24. The molecule has 0 atom stereocenters. The molecular weight excluding hydrogens is 196 g/mol. The van der Waals surface area contributed by atoms with Gasteiger partial charge in [-0.15, -0.1) is 0 Å². The van der Waals surface area contributed by atoms with Crippen molar-refractivity contribution in [3.8, 4) is 0 Å². The summed E-state index contributed by atoms with van der Waals surface area (Å²) in [6.45, 7) is 0. The topological polar surface area (TPSA) is 64.7 Å². The van der Waals surface area contributed by atoms with E-state index in [-0.39, 0.29) is 0 Å². The molecule has 0 aliphatic rings. The summed E-state index contributed by atoms with van der Waals surface area (Å²) >= 11 is 1.48. The van der Waals surface area contributed by atoms with Crippen LogP contribution in [0, 0.1) is 0 Å². The Hall–Kier alpha value is -1.62. The minimum Gasteiger partial charge on any atom is -0.397 e.